The lowest BCUT2D eigenvalue weighted by atomic mass is 10.1. The molecule has 3 rings (SSSR count). The minimum atomic E-state index is -0.909. The maximum absolute atomic E-state index is 12.8. The van der Waals surface area contributed by atoms with Crippen LogP contribution in [0.2, 0.25) is 0 Å². The molecular weight excluding hydrogens is 306 g/mol. The number of anilines is 1. The van der Waals surface area contributed by atoms with Gasteiger partial charge >= 0.3 is 5.97 Å². The highest BCUT2D eigenvalue weighted by molar-refractivity contribution is 6.01. The van der Waals surface area contributed by atoms with E-state index in [4.69, 9.17) is 4.74 Å². The van der Waals surface area contributed by atoms with Gasteiger partial charge in [-0.05, 0) is 50.1 Å². The van der Waals surface area contributed by atoms with Gasteiger partial charge in [0.15, 0.2) is 6.10 Å². The summed E-state index contributed by atoms with van der Waals surface area (Å²) in [6, 6.07) is 13.6. The van der Waals surface area contributed by atoms with Crippen LogP contribution >= 0.6 is 0 Å². The van der Waals surface area contributed by atoms with Gasteiger partial charge < -0.3 is 14.7 Å². The molecule has 0 aromatic heterocycles. The van der Waals surface area contributed by atoms with Gasteiger partial charge in [0.2, 0.25) is 0 Å². The molecule has 0 radical (unpaired) electrons. The van der Waals surface area contributed by atoms with E-state index in [1.807, 2.05) is 31.2 Å². The van der Waals surface area contributed by atoms with Crippen molar-refractivity contribution in [3.05, 3.63) is 59.7 Å². The van der Waals surface area contributed by atoms with Crippen molar-refractivity contribution in [1.82, 2.24) is 0 Å². The van der Waals surface area contributed by atoms with Crippen molar-refractivity contribution in [2.45, 2.75) is 32.4 Å². The van der Waals surface area contributed by atoms with Crippen LogP contribution in [-0.2, 0) is 16.0 Å². The number of carbonyl (C=O) groups excluding carboxylic acids is 2. The number of phenols is 1. The van der Waals surface area contributed by atoms with Crippen molar-refractivity contribution in [1.29, 1.82) is 0 Å². The molecule has 1 heterocycles. The Morgan fingerprint density at radius 2 is 1.96 bits per heavy atom. The molecule has 1 amide bonds. The van der Waals surface area contributed by atoms with Crippen LogP contribution in [0, 0.1) is 0 Å². The molecule has 0 fully saturated rings. The first kappa shape index (κ1) is 16.1. The van der Waals surface area contributed by atoms with Gasteiger partial charge in [-0.3, -0.25) is 4.79 Å². The summed E-state index contributed by atoms with van der Waals surface area (Å²) in [5, 5.41) is 9.44. The number of hydrogen-bond acceptors (Lipinski definition) is 4. The lowest BCUT2D eigenvalue weighted by molar-refractivity contribution is -0.126. The summed E-state index contributed by atoms with van der Waals surface area (Å²) in [6.45, 7) is 3.54. The predicted molar refractivity (Wildman–Crippen MR) is 90.1 cm³/mol. The topological polar surface area (TPSA) is 66.8 Å². The third kappa shape index (κ3) is 2.97. The summed E-state index contributed by atoms with van der Waals surface area (Å²) in [6.07, 6.45) is -0.122. The molecule has 0 unspecified atom stereocenters. The fourth-order valence-electron chi connectivity index (χ4n) is 3.01. The molecule has 2 atom stereocenters. The van der Waals surface area contributed by atoms with E-state index in [2.05, 4.69) is 0 Å². The second-order valence-corrected chi connectivity index (χ2v) is 5.99. The SMILES string of the molecule is C[C@H](OC(=O)c1cccc(O)c1)C(=O)N1c2ccccc2C[C@@H]1C. The molecule has 0 spiro atoms. The summed E-state index contributed by atoms with van der Waals surface area (Å²) in [5.74, 6) is -0.904. The maximum atomic E-state index is 12.8. The van der Waals surface area contributed by atoms with E-state index in [0.717, 1.165) is 17.7 Å². The normalized spacial score (nSPS) is 17.2. The van der Waals surface area contributed by atoms with E-state index in [1.54, 1.807) is 17.9 Å². The minimum Gasteiger partial charge on any atom is -0.508 e. The molecule has 1 aliphatic heterocycles. The molecule has 0 bridgehead atoms. The van der Waals surface area contributed by atoms with Crippen molar-refractivity contribution in [2.24, 2.45) is 0 Å². The van der Waals surface area contributed by atoms with Crippen LogP contribution in [0.15, 0.2) is 48.5 Å². The Labute approximate surface area is 140 Å². The Bertz CT molecular complexity index is 786. The molecule has 124 valence electrons. The van der Waals surface area contributed by atoms with Gasteiger partial charge in [0.1, 0.15) is 5.75 Å². The van der Waals surface area contributed by atoms with E-state index >= 15 is 0 Å². The number of amides is 1. The maximum Gasteiger partial charge on any atom is 0.339 e. The summed E-state index contributed by atoms with van der Waals surface area (Å²) in [5.41, 5.74) is 2.20. The van der Waals surface area contributed by atoms with Crippen LogP contribution < -0.4 is 4.90 Å². The summed E-state index contributed by atoms with van der Waals surface area (Å²) in [4.78, 5) is 26.6. The van der Waals surface area contributed by atoms with Gasteiger partial charge in [-0.1, -0.05) is 24.3 Å². The van der Waals surface area contributed by atoms with Crippen molar-refractivity contribution in [2.75, 3.05) is 4.90 Å². The highest BCUT2D eigenvalue weighted by atomic mass is 16.5. The quantitative estimate of drug-likeness (QED) is 0.881. The summed E-state index contributed by atoms with van der Waals surface area (Å²) >= 11 is 0. The zero-order valence-electron chi connectivity index (χ0n) is 13.6. The van der Waals surface area contributed by atoms with E-state index in [-0.39, 0.29) is 23.3 Å². The minimum absolute atomic E-state index is 0.0227. The Morgan fingerprint density at radius 3 is 2.71 bits per heavy atom. The Hall–Kier alpha value is -2.82. The van der Waals surface area contributed by atoms with Gasteiger partial charge in [0.25, 0.3) is 5.91 Å². The van der Waals surface area contributed by atoms with E-state index in [9.17, 15) is 14.7 Å². The Morgan fingerprint density at radius 1 is 1.21 bits per heavy atom. The average Bonchev–Trinajstić information content (AvgIpc) is 2.89. The number of rotatable bonds is 3. The molecule has 2 aromatic carbocycles. The van der Waals surface area contributed by atoms with Crippen LogP contribution in [0.1, 0.15) is 29.8 Å². The van der Waals surface area contributed by atoms with E-state index < -0.39 is 12.1 Å². The number of carbonyl (C=O) groups is 2. The number of esters is 1. The van der Waals surface area contributed by atoms with Crippen molar-refractivity contribution >= 4 is 17.6 Å². The van der Waals surface area contributed by atoms with Crippen LogP contribution in [0.25, 0.3) is 0 Å². The largest absolute Gasteiger partial charge is 0.508 e. The summed E-state index contributed by atoms with van der Waals surface area (Å²) < 4.78 is 5.29. The van der Waals surface area contributed by atoms with Gasteiger partial charge in [-0.15, -0.1) is 0 Å². The number of ether oxygens (including phenoxy) is 1. The monoisotopic (exact) mass is 325 g/mol. The number of aromatic hydroxyl groups is 1. The Kier molecular flexibility index (Phi) is 4.25. The highest BCUT2D eigenvalue weighted by Crippen LogP contribution is 2.32. The van der Waals surface area contributed by atoms with Gasteiger partial charge in [-0.2, -0.15) is 0 Å². The number of hydrogen-bond donors (Lipinski definition) is 1. The van der Waals surface area contributed by atoms with Crippen LogP contribution in [0.3, 0.4) is 0 Å². The molecule has 1 aliphatic rings. The molecule has 0 aliphatic carbocycles. The van der Waals surface area contributed by atoms with Crippen LogP contribution in [0.5, 0.6) is 5.75 Å². The number of benzene rings is 2. The molecule has 2 aromatic rings. The zero-order chi connectivity index (χ0) is 17.3. The molecule has 5 nitrogen and oxygen atoms in total. The first-order valence-electron chi connectivity index (χ1n) is 7.88. The average molecular weight is 325 g/mol. The fraction of sp³-hybridized carbons (Fsp3) is 0.263. The second-order valence-electron chi connectivity index (χ2n) is 5.99. The molecular formula is C19H19NO4. The molecule has 0 saturated carbocycles. The van der Waals surface area contributed by atoms with E-state index in [0.29, 0.717) is 0 Å². The fourth-order valence-corrected chi connectivity index (χ4v) is 3.01. The molecule has 5 heteroatoms. The van der Waals surface area contributed by atoms with Gasteiger partial charge in [0.05, 0.1) is 5.56 Å². The van der Waals surface area contributed by atoms with Gasteiger partial charge in [0, 0.05) is 11.7 Å². The number of nitrogens with zero attached hydrogens (tertiary/aromatic N) is 1. The number of phenolic OH excluding ortho intramolecular Hbond substituents is 1. The number of fused-ring (bicyclic) bond motifs is 1. The smallest absolute Gasteiger partial charge is 0.339 e. The van der Waals surface area contributed by atoms with E-state index in [1.165, 1.54) is 18.2 Å². The second kappa shape index (κ2) is 6.35. The lowest BCUT2D eigenvalue weighted by Crippen LogP contribution is -2.43. The van der Waals surface area contributed by atoms with Gasteiger partial charge in [-0.25, -0.2) is 4.79 Å². The first-order valence-corrected chi connectivity index (χ1v) is 7.88. The third-order valence-electron chi connectivity index (χ3n) is 4.16. The molecule has 0 saturated heterocycles. The Balaban J connectivity index is 1.75. The van der Waals surface area contributed by atoms with Crippen molar-refractivity contribution in [3.63, 3.8) is 0 Å². The number of para-hydroxylation sites is 1. The van der Waals surface area contributed by atoms with Crippen LogP contribution in [-0.4, -0.2) is 29.1 Å². The lowest BCUT2D eigenvalue weighted by Gasteiger charge is -2.25. The highest BCUT2D eigenvalue weighted by Gasteiger charge is 2.34. The summed E-state index contributed by atoms with van der Waals surface area (Å²) in [7, 11) is 0. The predicted octanol–water partition coefficient (Wildman–Crippen LogP) is 2.92. The van der Waals surface area contributed by atoms with Crippen LogP contribution in [0.4, 0.5) is 5.69 Å². The van der Waals surface area contributed by atoms with Crippen molar-refractivity contribution in [3.8, 4) is 5.75 Å². The molecule has 24 heavy (non-hydrogen) atoms. The first-order chi connectivity index (χ1) is 11.5. The third-order valence-corrected chi connectivity index (χ3v) is 4.16. The standard InChI is InChI=1S/C19H19NO4/c1-12-10-14-6-3-4-9-17(14)20(12)18(22)13(2)24-19(23)15-7-5-8-16(21)11-15/h3-9,11-13,21H,10H2,1-2H3/t12-,13-/m0/s1. The molecule has 1 N–H and O–H groups in total. The van der Waals surface area contributed by atoms with Crippen molar-refractivity contribution < 1.29 is 19.4 Å². The zero-order valence-corrected chi connectivity index (χ0v) is 13.6.